The fourth-order valence-corrected chi connectivity index (χ4v) is 3.33. The standard InChI is InChI=1S/C20H21ClN4O2/c1-11(2)25-19-15(10-22-25)14(9-16(23-19)12-4-5-12)20(26)24-17-8-13(21)6-7-18(17)27-3/h6-12H,4-5H2,1-3H3,(H,24,26). The van der Waals surface area contributed by atoms with E-state index in [4.69, 9.17) is 21.3 Å². The first kappa shape index (κ1) is 17.8. The van der Waals surface area contributed by atoms with Crippen LogP contribution < -0.4 is 10.1 Å². The quantitative estimate of drug-likeness (QED) is 0.685. The summed E-state index contributed by atoms with van der Waals surface area (Å²) in [6, 6.07) is 7.17. The van der Waals surface area contributed by atoms with Gasteiger partial charge in [0.25, 0.3) is 5.91 Å². The number of amides is 1. The Hall–Kier alpha value is -2.60. The summed E-state index contributed by atoms with van der Waals surface area (Å²) in [4.78, 5) is 17.9. The maximum absolute atomic E-state index is 13.1. The highest BCUT2D eigenvalue weighted by atomic mass is 35.5. The number of benzene rings is 1. The third kappa shape index (κ3) is 3.37. The lowest BCUT2D eigenvalue weighted by Crippen LogP contribution is -2.14. The number of halogens is 1. The van der Waals surface area contributed by atoms with Gasteiger partial charge in [0.15, 0.2) is 5.65 Å². The van der Waals surface area contributed by atoms with Crippen molar-refractivity contribution in [2.24, 2.45) is 0 Å². The van der Waals surface area contributed by atoms with Crippen molar-refractivity contribution >= 4 is 34.2 Å². The molecule has 1 aromatic carbocycles. The van der Waals surface area contributed by atoms with Crippen LogP contribution in [0, 0.1) is 0 Å². The molecule has 3 aromatic rings. The molecule has 0 unspecified atom stereocenters. The van der Waals surface area contributed by atoms with Gasteiger partial charge >= 0.3 is 0 Å². The Bertz CT molecular complexity index is 1020. The summed E-state index contributed by atoms with van der Waals surface area (Å²) in [6.07, 6.45) is 3.93. The van der Waals surface area contributed by atoms with Gasteiger partial charge < -0.3 is 10.1 Å². The smallest absolute Gasteiger partial charge is 0.256 e. The summed E-state index contributed by atoms with van der Waals surface area (Å²) in [5.41, 5.74) is 2.80. The highest BCUT2D eigenvalue weighted by Gasteiger charge is 2.28. The summed E-state index contributed by atoms with van der Waals surface area (Å²) in [5.74, 6) is 0.753. The lowest BCUT2D eigenvalue weighted by atomic mass is 10.1. The summed E-state index contributed by atoms with van der Waals surface area (Å²) in [6.45, 7) is 4.10. The molecule has 0 spiro atoms. The lowest BCUT2D eigenvalue weighted by Gasteiger charge is -2.12. The van der Waals surface area contributed by atoms with Crippen LogP contribution in [0.25, 0.3) is 11.0 Å². The number of hydrogen-bond acceptors (Lipinski definition) is 4. The van der Waals surface area contributed by atoms with E-state index in [-0.39, 0.29) is 11.9 Å². The number of aromatic nitrogens is 3. The molecule has 0 radical (unpaired) electrons. The maximum Gasteiger partial charge on any atom is 0.256 e. The molecule has 2 aromatic heterocycles. The summed E-state index contributed by atoms with van der Waals surface area (Å²) >= 11 is 6.08. The number of rotatable bonds is 5. The first-order valence-corrected chi connectivity index (χ1v) is 9.38. The zero-order valence-electron chi connectivity index (χ0n) is 15.5. The average Bonchev–Trinajstić information content (AvgIpc) is 3.40. The van der Waals surface area contributed by atoms with Gasteiger partial charge in [0, 0.05) is 22.7 Å². The van der Waals surface area contributed by atoms with Crippen LogP contribution in [0.1, 0.15) is 54.7 Å². The molecule has 4 rings (SSSR count). The molecule has 2 heterocycles. The molecule has 0 saturated heterocycles. The van der Waals surface area contributed by atoms with Crippen molar-refractivity contribution in [1.29, 1.82) is 0 Å². The third-order valence-electron chi connectivity index (χ3n) is 4.73. The predicted molar refractivity (Wildman–Crippen MR) is 106 cm³/mol. The topological polar surface area (TPSA) is 69.0 Å². The van der Waals surface area contributed by atoms with Gasteiger partial charge in [0.05, 0.1) is 29.9 Å². The van der Waals surface area contributed by atoms with Gasteiger partial charge in [-0.15, -0.1) is 0 Å². The summed E-state index contributed by atoms with van der Waals surface area (Å²) in [7, 11) is 1.56. The van der Waals surface area contributed by atoms with E-state index in [1.807, 2.05) is 10.7 Å². The molecule has 7 heteroatoms. The normalized spacial score (nSPS) is 14.0. The van der Waals surface area contributed by atoms with Crippen LogP contribution in [0.5, 0.6) is 5.75 Å². The molecule has 27 heavy (non-hydrogen) atoms. The summed E-state index contributed by atoms with van der Waals surface area (Å²) < 4.78 is 7.19. The van der Waals surface area contributed by atoms with E-state index in [0.29, 0.717) is 27.9 Å². The molecule has 0 bridgehead atoms. The van der Waals surface area contributed by atoms with Gasteiger partial charge in [-0.2, -0.15) is 5.10 Å². The number of anilines is 1. The van der Waals surface area contributed by atoms with E-state index in [2.05, 4.69) is 24.3 Å². The monoisotopic (exact) mass is 384 g/mol. The van der Waals surface area contributed by atoms with E-state index in [1.165, 1.54) is 0 Å². The molecule has 1 amide bonds. The molecule has 1 saturated carbocycles. The van der Waals surface area contributed by atoms with Crippen molar-refractivity contribution < 1.29 is 9.53 Å². The minimum absolute atomic E-state index is 0.161. The highest BCUT2D eigenvalue weighted by molar-refractivity contribution is 6.31. The second-order valence-corrected chi connectivity index (χ2v) is 7.52. The fourth-order valence-electron chi connectivity index (χ4n) is 3.16. The average molecular weight is 385 g/mol. The molecule has 0 aliphatic heterocycles. The van der Waals surface area contributed by atoms with Crippen LogP contribution in [-0.4, -0.2) is 27.8 Å². The van der Waals surface area contributed by atoms with E-state index in [0.717, 1.165) is 29.6 Å². The van der Waals surface area contributed by atoms with Crippen molar-refractivity contribution in [3.05, 3.63) is 46.7 Å². The van der Waals surface area contributed by atoms with Gasteiger partial charge in [-0.05, 0) is 51.0 Å². The number of methoxy groups -OCH3 is 1. The van der Waals surface area contributed by atoms with E-state index in [9.17, 15) is 4.79 Å². The van der Waals surface area contributed by atoms with Gasteiger partial charge in [0.2, 0.25) is 0 Å². The number of ether oxygens (including phenoxy) is 1. The number of nitrogens with one attached hydrogen (secondary N) is 1. The second-order valence-electron chi connectivity index (χ2n) is 7.09. The van der Waals surface area contributed by atoms with Gasteiger partial charge in [-0.25, -0.2) is 9.67 Å². The van der Waals surface area contributed by atoms with Gasteiger partial charge in [-0.1, -0.05) is 11.6 Å². The Morgan fingerprint density at radius 1 is 1.33 bits per heavy atom. The fraction of sp³-hybridized carbons (Fsp3) is 0.350. The van der Waals surface area contributed by atoms with Crippen LogP contribution in [0.3, 0.4) is 0 Å². The van der Waals surface area contributed by atoms with Crippen molar-refractivity contribution in [3.63, 3.8) is 0 Å². The molecule has 140 valence electrons. The molecule has 0 atom stereocenters. The van der Waals surface area contributed by atoms with Gasteiger partial charge in [0.1, 0.15) is 5.75 Å². The second kappa shape index (κ2) is 6.85. The Labute approximate surface area is 162 Å². The Balaban J connectivity index is 1.78. The van der Waals surface area contributed by atoms with E-state index in [1.54, 1.807) is 31.5 Å². The van der Waals surface area contributed by atoms with Crippen LogP contribution >= 0.6 is 11.6 Å². The zero-order chi connectivity index (χ0) is 19.1. The molecular weight excluding hydrogens is 364 g/mol. The van der Waals surface area contributed by atoms with Crippen molar-refractivity contribution in [3.8, 4) is 5.75 Å². The number of hydrogen-bond donors (Lipinski definition) is 1. The van der Waals surface area contributed by atoms with Crippen LogP contribution in [-0.2, 0) is 0 Å². The molecule has 1 fully saturated rings. The van der Waals surface area contributed by atoms with E-state index < -0.39 is 0 Å². The minimum Gasteiger partial charge on any atom is -0.495 e. The van der Waals surface area contributed by atoms with Crippen molar-refractivity contribution in [2.75, 3.05) is 12.4 Å². The zero-order valence-corrected chi connectivity index (χ0v) is 16.2. The molecule has 6 nitrogen and oxygen atoms in total. The Kier molecular flexibility index (Phi) is 4.52. The number of carbonyl (C=O) groups is 1. The molecule has 1 aliphatic carbocycles. The van der Waals surface area contributed by atoms with Crippen molar-refractivity contribution in [2.45, 2.75) is 38.6 Å². The predicted octanol–water partition coefficient (Wildman–Crippen LogP) is 4.80. The number of nitrogens with zero attached hydrogens (tertiary/aromatic N) is 3. The van der Waals surface area contributed by atoms with Crippen LogP contribution in [0.15, 0.2) is 30.5 Å². The first-order valence-electron chi connectivity index (χ1n) is 9.01. The van der Waals surface area contributed by atoms with Crippen molar-refractivity contribution in [1.82, 2.24) is 14.8 Å². The van der Waals surface area contributed by atoms with Crippen LogP contribution in [0.4, 0.5) is 5.69 Å². The Morgan fingerprint density at radius 3 is 2.78 bits per heavy atom. The maximum atomic E-state index is 13.1. The number of fused-ring (bicyclic) bond motifs is 1. The minimum atomic E-state index is -0.229. The Morgan fingerprint density at radius 2 is 2.11 bits per heavy atom. The summed E-state index contributed by atoms with van der Waals surface area (Å²) in [5, 5.41) is 8.63. The van der Waals surface area contributed by atoms with Crippen LogP contribution in [0.2, 0.25) is 5.02 Å². The molecule has 1 aliphatic rings. The number of carbonyl (C=O) groups excluding carboxylic acids is 1. The SMILES string of the molecule is COc1ccc(Cl)cc1NC(=O)c1cc(C2CC2)nc2c1cnn2C(C)C. The van der Waals surface area contributed by atoms with E-state index >= 15 is 0 Å². The third-order valence-corrected chi connectivity index (χ3v) is 4.96. The lowest BCUT2D eigenvalue weighted by molar-refractivity contribution is 0.102. The molecule has 1 N–H and O–H groups in total. The first-order chi connectivity index (χ1) is 13.0. The molecular formula is C20H21ClN4O2. The largest absolute Gasteiger partial charge is 0.495 e. The highest BCUT2D eigenvalue weighted by Crippen LogP contribution is 2.40. The number of pyridine rings is 1. The van der Waals surface area contributed by atoms with Gasteiger partial charge in [-0.3, -0.25) is 4.79 Å².